The van der Waals surface area contributed by atoms with Gasteiger partial charge in [-0.2, -0.15) is 0 Å². The van der Waals surface area contributed by atoms with Gasteiger partial charge in [0.25, 0.3) is 0 Å². The van der Waals surface area contributed by atoms with Gasteiger partial charge < -0.3 is 4.43 Å². The van der Waals surface area contributed by atoms with E-state index in [-0.39, 0.29) is 15.9 Å². The lowest BCUT2D eigenvalue weighted by Crippen LogP contribution is -2.59. The summed E-state index contributed by atoms with van der Waals surface area (Å²) in [6.07, 6.45) is 12.0. The van der Waals surface area contributed by atoms with Crippen molar-refractivity contribution in [2.24, 2.45) is 22.7 Å². The number of hydrogen-bond acceptors (Lipinski definition) is 2. The summed E-state index contributed by atoms with van der Waals surface area (Å²) in [6.45, 7) is 17.8. The van der Waals surface area contributed by atoms with E-state index in [0.29, 0.717) is 23.7 Å². The first-order chi connectivity index (χ1) is 11.5. The normalized spacial score (nSPS) is 40.9. The molecule has 4 aliphatic rings. The molecule has 3 fully saturated rings. The number of fused-ring (bicyclic) bond motifs is 2. The van der Waals surface area contributed by atoms with Gasteiger partial charge in [-0.15, -0.1) is 6.58 Å². The molecule has 0 aromatic heterocycles. The predicted octanol–water partition coefficient (Wildman–Crippen LogP) is 5.90. The number of carbonyl (C=O) groups excluding carboxylic acids is 1. The van der Waals surface area contributed by atoms with Crippen LogP contribution in [-0.4, -0.2) is 20.2 Å². The predicted molar refractivity (Wildman–Crippen MR) is 107 cm³/mol. The van der Waals surface area contributed by atoms with Crippen molar-refractivity contribution in [2.45, 2.75) is 84.0 Å². The Balaban J connectivity index is 1.89. The van der Waals surface area contributed by atoms with E-state index in [0.717, 1.165) is 19.3 Å². The van der Waals surface area contributed by atoms with Crippen molar-refractivity contribution in [1.82, 2.24) is 0 Å². The van der Waals surface area contributed by atoms with E-state index in [2.05, 4.69) is 53.4 Å². The first-order valence-electron chi connectivity index (χ1n) is 9.98. The summed E-state index contributed by atoms with van der Waals surface area (Å²) < 4.78 is 6.88. The third-order valence-corrected chi connectivity index (χ3v) is 12.5. The van der Waals surface area contributed by atoms with Crippen molar-refractivity contribution in [3.63, 3.8) is 0 Å². The topological polar surface area (TPSA) is 26.3 Å². The lowest BCUT2D eigenvalue weighted by atomic mass is 9.45. The Bertz CT molecular complexity index is 600. The van der Waals surface area contributed by atoms with Crippen LogP contribution in [-0.2, 0) is 9.22 Å². The minimum Gasteiger partial charge on any atom is -0.414 e. The number of allylic oxidation sites excluding steroid dienone is 3. The summed E-state index contributed by atoms with van der Waals surface area (Å²) in [6, 6.07) is 0. The van der Waals surface area contributed by atoms with Crippen molar-refractivity contribution in [3.8, 4) is 0 Å². The average molecular weight is 361 g/mol. The van der Waals surface area contributed by atoms with Gasteiger partial charge in [-0.25, -0.2) is 0 Å². The van der Waals surface area contributed by atoms with Crippen LogP contribution in [0.2, 0.25) is 18.1 Å². The average Bonchev–Trinajstić information content (AvgIpc) is 2.51. The molecule has 4 rings (SSSR count). The molecule has 4 aliphatic carbocycles. The quantitative estimate of drug-likeness (QED) is 0.460. The number of hydrogen-bond donors (Lipinski definition) is 0. The molecule has 2 bridgehead atoms. The summed E-state index contributed by atoms with van der Waals surface area (Å²) >= 11 is 0. The van der Waals surface area contributed by atoms with E-state index in [9.17, 15) is 4.79 Å². The molecular formula is C22H36O2Si. The molecule has 2 unspecified atom stereocenters. The first-order valence-corrected chi connectivity index (χ1v) is 12.9. The Morgan fingerprint density at radius 2 is 2.08 bits per heavy atom. The summed E-state index contributed by atoms with van der Waals surface area (Å²) in [5, 5.41) is 0.247. The van der Waals surface area contributed by atoms with Crippen molar-refractivity contribution in [3.05, 3.63) is 24.8 Å². The fraction of sp³-hybridized carbons (Fsp3) is 0.773. The van der Waals surface area contributed by atoms with E-state index in [4.69, 9.17) is 4.43 Å². The standard InChI is InChI=1S/C22H36O2Si/c1-8-11-21(5)18-14-16-9-12-22(18,13-10-19(21)23)15-17(16)24-25(6,7)20(2,3)4/h8,10,13,16-18H,1,9,11-12,14-15H2,2-7H3/t16-,17?,18?,21-,22+/m0/s1. The lowest BCUT2D eigenvalue weighted by Gasteiger charge is -2.61. The molecule has 3 heteroatoms. The van der Waals surface area contributed by atoms with Crippen molar-refractivity contribution >= 4 is 14.1 Å². The van der Waals surface area contributed by atoms with Crippen LogP contribution in [0.1, 0.15) is 59.8 Å². The van der Waals surface area contributed by atoms with Gasteiger partial charge in [0.15, 0.2) is 14.1 Å². The molecule has 0 N–H and O–H groups in total. The van der Waals surface area contributed by atoms with Crippen LogP contribution in [0.25, 0.3) is 0 Å². The number of ketones is 1. The summed E-state index contributed by atoms with van der Waals surface area (Å²) in [7, 11) is -1.76. The second-order valence-electron chi connectivity index (χ2n) is 10.5. The van der Waals surface area contributed by atoms with E-state index >= 15 is 0 Å². The maximum atomic E-state index is 12.7. The molecule has 2 nitrogen and oxygen atoms in total. The molecule has 0 amide bonds. The Labute approximate surface area is 155 Å². The van der Waals surface area contributed by atoms with E-state index in [1.165, 1.54) is 12.8 Å². The molecule has 1 spiro atoms. The molecule has 0 aromatic carbocycles. The molecule has 140 valence electrons. The van der Waals surface area contributed by atoms with Crippen molar-refractivity contribution < 1.29 is 9.22 Å². The monoisotopic (exact) mass is 360 g/mol. The largest absolute Gasteiger partial charge is 0.414 e. The fourth-order valence-electron chi connectivity index (χ4n) is 5.41. The Kier molecular flexibility index (Phi) is 4.52. The zero-order valence-corrected chi connectivity index (χ0v) is 18.0. The smallest absolute Gasteiger partial charge is 0.192 e. The summed E-state index contributed by atoms with van der Waals surface area (Å²) in [5.41, 5.74) is -0.107. The number of carbonyl (C=O) groups is 1. The minimum absolute atomic E-state index is 0.160. The van der Waals surface area contributed by atoms with Gasteiger partial charge in [-0.3, -0.25) is 4.79 Å². The summed E-state index contributed by atoms with van der Waals surface area (Å²) in [5.74, 6) is 1.37. The van der Waals surface area contributed by atoms with E-state index in [1.807, 2.05) is 12.2 Å². The molecule has 3 saturated carbocycles. The van der Waals surface area contributed by atoms with Gasteiger partial charge in [-0.05, 0) is 73.6 Å². The highest BCUT2D eigenvalue weighted by molar-refractivity contribution is 6.74. The Hall–Kier alpha value is -0.673. The van der Waals surface area contributed by atoms with Crippen LogP contribution in [0, 0.1) is 22.7 Å². The maximum absolute atomic E-state index is 12.7. The van der Waals surface area contributed by atoms with Crippen molar-refractivity contribution in [2.75, 3.05) is 0 Å². The molecule has 0 aromatic rings. The molecule has 25 heavy (non-hydrogen) atoms. The van der Waals surface area contributed by atoms with Gasteiger partial charge >= 0.3 is 0 Å². The Morgan fingerprint density at radius 1 is 1.40 bits per heavy atom. The molecule has 0 radical (unpaired) electrons. The second-order valence-corrected chi connectivity index (χ2v) is 15.3. The third kappa shape index (κ3) is 2.92. The van der Waals surface area contributed by atoms with Crippen molar-refractivity contribution in [1.29, 1.82) is 0 Å². The van der Waals surface area contributed by atoms with Gasteiger partial charge in [0, 0.05) is 11.5 Å². The van der Waals surface area contributed by atoms with Gasteiger partial charge in [0.2, 0.25) is 0 Å². The first kappa shape index (κ1) is 19.1. The zero-order valence-electron chi connectivity index (χ0n) is 17.0. The molecule has 5 atom stereocenters. The highest BCUT2D eigenvalue weighted by Crippen LogP contribution is 2.63. The highest BCUT2D eigenvalue weighted by atomic mass is 28.4. The lowest BCUT2D eigenvalue weighted by molar-refractivity contribution is -0.145. The fourth-order valence-corrected chi connectivity index (χ4v) is 6.79. The molecular weight excluding hydrogens is 324 g/mol. The second kappa shape index (κ2) is 5.92. The molecule has 0 saturated heterocycles. The van der Waals surface area contributed by atoms with Gasteiger partial charge in [-0.1, -0.05) is 39.8 Å². The summed E-state index contributed by atoms with van der Waals surface area (Å²) in [4.78, 5) is 12.7. The van der Waals surface area contributed by atoms with Gasteiger partial charge in [0.05, 0.1) is 0 Å². The van der Waals surface area contributed by atoms with Crippen LogP contribution in [0.5, 0.6) is 0 Å². The maximum Gasteiger partial charge on any atom is 0.192 e. The van der Waals surface area contributed by atoms with Crippen LogP contribution in [0.4, 0.5) is 0 Å². The van der Waals surface area contributed by atoms with Crippen LogP contribution in [0.3, 0.4) is 0 Å². The van der Waals surface area contributed by atoms with E-state index in [1.54, 1.807) is 0 Å². The van der Waals surface area contributed by atoms with Crippen LogP contribution < -0.4 is 0 Å². The molecule has 0 heterocycles. The SMILES string of the molecule is C=CC[C@]1(C)C(=O)C=C[C@@]23CC[C@@H](CC21)C(O[Si](C)(C)C(C)(C)C)C3. The van der Waals surface area contributed by atoms with Crippen LogP contribution >= 0.6 is 0 Å². The highest BCUT2D eigenvalue weighted by Gasteiger charge is 2.60. The zero-order chi connectivity index (χ0) is 18.7. The molecule has 0 aliphatic heterocycles. The Morgan fingerprint density at radius 3 is 2.68 bits per heavy atom. The minimum atomic E-state index is -1.76. The number of rotatable bonds is 4. The van der Waals surface area contributed by atoms with E-state index < -0.39 is 8.32 Å². The van der Waals surface area contributed by atoms with Gasteiger partial charge in [0.1, 0.15) is 0 Å². The third-order valence-electron chi connectivity index (χ3n) is 8.04. The van der Waals surface area contributed by atoms with Crippen LogP contribution in [0.15, 0.2) is 24.8 Å².